The lowest BCUT2D eigenvalue weighted by Gasteiger charge is -2.26. The highest BCUT2D eigenvalue weighted by Crippen LogP contribution is 2.30. The number of halogens is 1. The van der Waals surface area contributed by atoms with E-state index in [0.717, 1.165) is 5.75 Å². The second-order valence-electron chi connectivity index (χ2n) is 5.27. The van der Waals surface area contributed by atoms with Crippen molar-refractivity contribution in [2.24, 2.45) is 0 Å². The van der Waals surface area contributed by atoms with Gasteiger partial charge in [0.1, 0.15) is 12.4 Å². The van der Waals surface area contributed by atoms with Crippen molar-refractivity contribution >= 4 is 16.9 Å². The molecule has 5 heteroatoms. The van der Waals surface area contributed by atoms with Crippen molar-refractivity contribution in [2.75, 3.05) is 24.9 Å². The molecule has 3 nitrogen and oxygen atoms in total. The minimum atomic E-state index is -1.78. The number of benzene rings is 2. The number of hydrogen-bond acceptors (Lipinski definition) is 3. The van der Waals surface area contributed by atoms with Crippen molar-refractivity contribution in [3.8, 4) is 0 Å². The molecule has 0 amide bonds. The van der Waals surface area contributed by atoms with Gasteiger partial charge in [-0.1, -0.05) is 60.7 Å². The average Bonchev–Trinajstić information content (AvgIpc) is 2.55. The van der Waals surface area contributed by atoms with Crippen molar-refractivity contribution in [1.29, 1.82) is 0 Å². The Morgan fingerprint density at radius 1 is 1.00 bits per heavy atom. The third-order valence-electron chi connectivity index (χ3n) is 3.40. The van der Waals surface area contributed by atoms with E-state index in [1.54, 1.807) is 48.5 Å². The monoisotopic (exact) mass is 444 g/mol. The minimum Gasteiger partial charge on any atom is -1.00 e. The highest BCUT2D eigenvalue weighted by molar-refractivity contribution is 7.95. The Labute approximate surface area is 157 Å². The van der Waals surface area contributed by atoms with Gasteiger partial charge in [0.05, 0.1) is 12.5 Å². The summed E-state index contributed by atoms with van der Waals surface area (Å²) in [6, 6.07) is 17.8. The van der Waals surface area contributed by atoms with E-state index in [2.05, 4.69) is 12.5 Å². The second-order valence-corrected chi connectivity index (χ2v) is 7.65. The molecule has 23 heavy (non-hydrogen) atoms. The van der Waals surface area contributed by atoms with Crippen LogP contribution in [-0.2, 0) is 26.0 Å². The summed E-state index contributed by atoms with van der Waals surface area (Å²) in [6.45, 7) is 0.316. The van der Waals surface area contributed by atoms with Crippen LogP contribution < -0.4 is 24.0 Å². The smallest absolute Gasteiger partial charge is 0.347 e. The molecule has 0 saturated heterocycles. The van der Waals surface area contributed by atoms with Gasteiger partial charge in [-0.15, -0.1) is 0 Å². The predicted molar refractivity (Wildman–Crippen MR) is 90.9 cm³/mol. The van der Waals surface area contributed by atoms with Gasteiger partial charge < -0.3 is 33.8 Å². The zero-order chi connectivity index (χ0) is 16.0. The molecule has 0 aliphatic rings. The summed E-state index contributed by atoms with van der Waals surface area (Å²) in [5.74, 6) is 0.168. The van der Waals surface area contributed by atoms with Gasteiger partial charge in [-0.2, -0.15) is 0 Å². The summed E-state index contributed by atoms with van der Waals surface area (Å²) >= 11 is 0. The maximum atomic E-state index is 12.6. The lowest BCUT2D eigenvalue weighted by molar-refractivity contribution is -0.161. The van der Waals surface area contributed by atoms with Crippen molar-refractivity contribution in [3.05, 3.63) is 71.8 Å². The SMILES string of the molecule is C[S+](C)CCOC(=O)C(O)(c1ccccc1)c1ccccc1.[I-]. The van der Waals surface area contributed by atoms with E-state index in [9.17, 15) is 9.90 Å². The van der Waals surface area contributed by atoms with Gasteiger partial charge in [0.15, 0.2) is 0 Å². The van der Waals surface area contributed by atoms with Gasteiger partial charge in [0, 0.05) is 0 Å². The van der Waals surface area contributed by atoms with Crippen molar-refractivity contribution in [1.82, 2.24) is 0 Å². The standard InChI is InChI=1S/C18H21O3S.HI/c1-22(2)14-13-21-17(19)18(20,15-9-5-3-6-10-15)16-11-7-4-8-12-16;/h3-12,20H,13-14H2,1-2H3;1H/q+1;/p-1. The Morgan fingerprint density at radius 3 is 1.83 bits per heavy atom. The number of carbonyl (C=O) groups excluding carboxylic acids is 1. The van der Waals surface area contributed by atoms with Crippen LogP contribution in [0.1, 0.15) is 11.1 Å². The highest BCUT2D eigenvalue weighted by atomic mass is 127. The van der Waals surface area contributed by atoms with Gasteiger partial charge in [-0.3, -0.25) is 0 Å². The zero-order valence-electron chi connectivity index (χ0n) is 13.2. The van der Waals surface area contributed by atoms with Gasteiger partial charge in [-0.05, 0) is 22.0 Å². The first kappa shape index (κ1) is 20.0. The number of esters is 1. The molecule has 0 bridgehead atoms. The summed E-state index contributed by atoms with van der Waals surface area (Å²) in [5.41, 5.74) is -0.751. The van der Waals surface area contributed by atoms with Gasteiger partial charge in [0.25, 0.3) is 0 Å². The quantitative estimate of drug-likeness (QED) is 0.366. The van der Waals surface area contributed by atoms with Gasteiger partial charge in [-0.25, -0.2) is 4.79 Å². The molecule has 0 aliphatic carbocycles. The highest BCUT2D eigenvalue weighted by Gasteiger charge is 2.41. The first-order chi connectivity index (χ1) is 10.5. The molecule has 0 heterocycles. The molecule has 0 atom stereocenters. The molecule has 0 aliphatic heterocycles. The predicted octanol–water partition coefficient (Wildman–Crippen LogP) is -0.652. The molecule has 0 fully saturated rings. The van der Waals surface area contributed by atoms with Crippen LogP contribution in [0, 0.1) is 0 Å². The fourth-order valence-corrected chi connectivity index (χ4v) is 2.58. The lowest BCUT2D eigenvalue weighted by Crippen LogP contribution is -3.00. The molecule has 0 aromatic heterocycles. The first-order valence-electron chi connectivity index (χ1n) is 7.10. The maximum Gasteiger partial charge on any atom is 0.347 e. The molecule has 2 aromatic rings. The van der Waals surface area contributed by atoms with E-state index < -0.39 is 11.6 Å². The van der Waals surface area contributed by atoms with Gasteiger partial charge >= 0.3 is 5.97 Å². The van der Waals surface area contributed by atoms with Gasteiger partial charge in [0.2, 0.25) is 5.60 Å². The summed E-state index contributed by atoms with van der Waals surface area (Å²) in [6.07, 6.45) is 4.18. The molecule has 0 radical (unpaired) electrons. The molecule has 0 spiro atoms. The van der Waals surface area contributed by atoms with Crippen LogP contribution in [-0.4, -0.2) is 35.9 Å². The van der Waals surface area contributed by atoms with Crippen molar-refractivity contribution in [2.45, 2.75) is 5.60 Å². The third-order valence-corrected chi connectivity index (χ3v) is 4.39. The number of rotatable bonds is 6. The van der Waals surface area contributed by atoms with Crippen molar-refractivity contribution in [3.63, 3.8) is 0 Å². The Hall–Kier alpha value is -1.05. The Morgan fingerprint density at radius 2 is 1.43 bits per heavy atom. The van der Waals surface area contributed by atoms with Crippen LogP contribution >= 0.6 is 0 Å². The molecule has 0 unspecified atom stereocenters. The number of carbonyl (C=O) groups is 1. The molecule has 124 valence electrons. The largest absolute Gasteiger partial charge is 1.00 e. The van der Waals surface area contributed by atoms with E-state index >= 15 is 0 Å². The molecule has 2 rings (SSSR count). The van der Waals surface area contributed by atoms with E-state index in [-0.39, 0.29) is 34.9 Å². The first-order valence-corrected chi connectivity index (χ1v) is 9.31. The Bertz CT molecular complexity index is 563. The Balaban J connectivity index is 0.00000264. The molecule has 1 N–H and O–H groups in total. The average molecular weight is 444 g/mol. The lowest BCUT2D eigenvalue weighted by atomic mass is 9.86. The fourth-order valence-electron chi connectivity index (χ4n) is 2.17. The summed E-state index contributed by atoms with van der Waals surface area (Å²) < 4.78 is 5.34. The van der Waals surface area contributed by atoms with E-state index in [4.69, 9.17) is 4.74 Å². The number of ether oxygens (including phenoxy) is 1. The van der Waals surface area contributed by atoms with Crippen LogP contribution in [0.4, 0.5) is 0 Å². The van der Waals surface area contributed by atoms with Crippen LogP contribution in [0.25, 0.3) is 0 Å². The fraction of sp³-hybridized carbons (Fsp3) is 0.278. The number of aliphatic hydroxyl groups is 1. The summed E-state index contributed by atoms with van der Waals surface area (Å²) in [5, 5.41) is 11.1. The molecule has 2 aromatic carbocycles. The minimum absolute atomic E-state index is 0. The summed E-state index contributed by atoms with van der Waals surface area (Å²) in [7, 11) is 0.193. The van der Waals surface area contributed by atoms with E-state index in [1.165, 1.54) is 0 Å². The maximum absolute atomic E-state index is 12.6. The van der Waals surface area contributed by atoms with E-state index in [0.29, 0.717) is 17.7 Å². The van der Waals surface area contributed by atoms with Crippen LogP contribution in [0.3, 0.4) is 0 Å². The second kappa shape index (κ2) is 9.30. The molecular formula is C18H21IO3S. The normalized spacial score (nSPS) is 11.0. The molecular weight excluding hydrogens is 423 g/mol. The van der Waals surface area contributed by atoms with Crippen LogP contribution in [0.15, 0.2) is 60.7 Å². The zero-order valence-corrected chi connectivity index (χ0v) is 16.2. The number of hydrogen-bond donors (Lipinski definition) is 1. The Kier molecular flexibility index (Phi) is 8.08. The van der Waals surface area contributed by atoms with Crippen molar-refractivity contribution < 1.29 is 38.6 Å². The summed E-state index contributed by atoms with van der Waals surface area (Å²) in [4.78, 5) is 12.6. The van der Waals surface area contributed by atoms with Crippen LogP contribution in [0.5, 0.6) is 0 Å². The topological polar surface area (TPSA) is 46.5 Å². The van der Waals surface area contributed by atoms with E-state index in [1.807, 2.05) is 12.1 Å². The van der Waals surface area contributed by atoms with Crippen LogP contribution in [0.2, 0.25) is 0 Å². The molecule has 0 saturated carbocycles. The third kappa shape index (κ3) is 4.96.